The van der Waals surface area contributed by atoms with E-state index in [4.69, 9.17) is 4.74 Å². The van der Waals surface area contributed by atoms with Gasteiger partial charge in [-0.25, -0.2) is 0 Å². The second-order valence-corrected chi connectivity index (χ2v) is 6.25. The van der Waals surface area contributed by atoms with Crippen molar-refractivity contribution in [1.82, 2.24) is 25.1 Å². The molecule has 1 aliphatic rings. The number of rotatable bonds is 4. The van der Waals surface area contributed by atoms with Crippen molar-refractivity contribution in [2.75, 3.05) is 13.2 Å². The van der Waals surface area contributed by atoms with Crippen LogP contribution in [0.4, 0.5) is 0 Å². The molecule has 3 aromatic rings. The number of aryl methyl sites for hydroxylation is 1. The van der Waals surface area contributed by atoms with Crippen LogP contribution in [-0.4, -0.2) is 44.2 Å². The number of carbonyl (C=O) groups is 1. The summed E-state index contributed by atoms with van der Waals surface area (Å²) in [6.07, 6.45) is 0.891. The van der Waals surface area contributed by atoms with Gasteiger partial charge >= 0.3 is 0 Å². The van der Waals surface area contributed by atoms with Crippen molar-refractivity contribution in [3.05, 3.63) is 59.7 Å². The molecule has 0 spiro atoms. The molecule has 0 saturated carbocycles. The number of benzene rings is 2. The number of aromatic nitrogens is 4. The average Bonchev–Trinajstić information content (AvgIpc) is 3.12. The number of nitrogens with zero attached hydrogens (tertiary/aromatic N) is 5. The smallest absolute Gasteiger partial charge is 0.260 e. The summed E-state index contributed by atoms with van der Waals surface area (Å²) in [6.45, 7) is 1.41. The molecule has 4 rings (SSSR count). The van der Waals surface area contributed by atoms with Crippen molar-refractivity contribution in [2.24, 2.45) is 7.05 Å². The minimum Gasteiger partial charge on any atom is -0.484 e. The van der Waals surface area contributed by atoms with Crippen molar-refractivity contribution in [1.29, 1.82) is 0 Å². The van der Waals surface area contributed by atoms with Gasteiger partial charge in [-0.05, 0) is 47.0 Å². The van der Waals surface area contributed by atoms with Gasteiger partial charge in [-0.1, -0.05) is 24.3 Å². The SMILES string of the molecule is Cn1nnc(-c2ccc(OCC(=O)N3CCc4ccccc4C3)cc2)n1. The molecule has 0 N–H and O–H groups in total. The maximum atomic E-state index is 12.4. The van der Waals surface area contributed by atoms with Gasteiger partial charge in [-0.15, -0.1) is 10.2 Å². The van der Waals surface area contributed by atoms with Crippen LogP contribution in [0.15, 0.2) is 48.5 Å². The monoisotopic (exact) mass is 349 g/mol. The van der Waals surface area contributed by atoms with Gasteiger partial charge in [-0.2, -0.15) is 4.80 Å². The number of hydrogen-bond donors (Lipinski definition) is 0. The van der Waals surface area contributed by atoms with Crippen LogP contribution in [0.2, 0.25) is 0 Å². The molecular formula is C19H19N5O2. The zero-order valence-electron chi connectivity index (χ0n) is 14.5. The van der Waals surface area contributed by atoms with Crippen LogP contribution in [0.3, 0.4) is 0 Å². The first kappa shape index (κ1) is 16.3. The molecule has 0 saturated heterocycles. The van der Waals surface area contributed by atoms with Crippen LogP contribution in [-0.2, 0) is 24.8 Å². The zero-order valence-corrected chi connectivity index (χ0v) is 14.5. The van der Waals surface area contributed by atoms with Crippen molar-refractivity contribution >= 4 is 5.91 Å². The highest BCUT2D eigenvalue weighted by molar-refractivity contribution is 5.78. The van der Waals surface area contributed by atoms with E-state index in [1.165, 1.54) is 15.9 Å². The van der Waals surface area contributed by atoms with E-state index in [1.54, 1.807) is 7.05 Å². The highest BCUT2D eigenvalue weighted by Crippen LogP contribution is 2.20. The molecule has 2 heterocycles. The molecule has 0 unspecified atom stereocenters. The fourth-order valence-electron chi connectivity index (χ4n) is 3.04. The first-order chi connectivity index (χ1) is 12.7. The van der Waals surface area contributed by atoms with Crippen LogP contribution in [0.1, 0.15) is 11.1 Å². The molecule has 2 aromatic carbocycles. The van der Waals surface area contributed by atoms with E-state index >= 15 is 0 Å². The average molecular weight is 349 g/mol. The van der Waals surface area contributed by atoms with E-state index in [1.807, 2.05) is 41.3 Å². The molecule has 0 radical (unpaired) electrons. The van der Waals surface area contributed by atoms with Crippen LogP contribution in [0.25, 0.3) is 11.4 Å². The molecule has 1 amide bonds. The first-order valence-electron chi connectivity index (χ1n) is 8.51. The minimum atomic E-state index is -0.000766. The third-order valence-corrected chi connectivity index (χ3v) is 4.47. The van der Waals surface area contributed by atoms with Gasteiger partial charge in [0.25, 0.3) is 5.91 Å². The summed E-state index contributed by atoms with van der Waals surface area (Å²) in [5.41, 5.74) is 3.39. The topological polar surface area (TPSA) is 73.1 Å². The van der Waals surface area contributed by atoms with Crippen molar-refractivity contribution in [3.8, 4) is 17.1 Å². The van der Waals surface area contributed by atoms with E-state index in [0.29, 0.717) is 18.1 Å². The predicted molar refractivity (Wildman–Crippen MR) is 95.3 cm³/mol. The number of tetrazole rings is 1. The summed E-state index contributed by atoms with van der Waals surface area (Å²) in [5, 5.41) is 11.9. The molecule has 132 valence electrons. The fraction of sp³-hybridized carbons (Fsp3) is 0.263. The number of carbonyl (C=O) groups excluding carboxylic acids is 1. The maximum absolute atomic E-state index is 12.4. The Bertz CT molecular complexity index is 920. The molecule has 0 fully saturated rings. The van der Waals surface area contributed by atoms with Gasteiger partial charge in [0, 0.05) is 18.7 Å². The van der Waals surface area contributed by atoms with Gasteiger partial charge < -0.3 is 9.64 Å². The lowest BCUT2D eigenvalue weighted by Gasteiger charge is -2.28. The Morgan fingerprint density at radius 1 is 1.12 bits per heavy atom. The highest BCUT2D eigenvalue weighted by Gasteiger charge is 2.20. The van der Waals surface area contributed by atoms with Gasteiger partial charge in [0.15, 0.2) is 6.61 Å². The third-order valence-electron chi connectivity index (χ3n) is 4.47. The lowest BCUT2D eigenvalue weighted by molar-refractivity contribution is -0.134. The number of ether oxygens (including phenoxy) is 1. The summed E-state index contributed by atoms with van der Waals surface area (Å²) in [6, 6.07) is 15.6. The Hall–Kier alpha value is -3.22. The largest absolute Gasteiger partial charge is 0.484 e. The molecule has 0 aliphatic carbocycles. The van der Waals surface area contributed by atoms with Crippen LogP contribution in [0, 0.1) is 0 Å². The first-order valence-corrected chi connectivity index (χ1v) is 8.51. The van der Waals surface area contributed by atoms with E-state index in [9.17, 15) is 4.79 Å². The van der Waals surface area contributed by atoms with Crippen molar-refractivity contribution < 1.29 is 9.53 Å². The molecule has 0 atom stereocenters. The highest BCUT2D eigenvalue weighted by atomic mass is 16.5. The van der Waals surface area contributed by atoms with Crippen LogP contribution >= 0.6 is 0 Å². The standard InChI is InChI=1S/C19H19N5O2/c1-23-21-19(20-22-23)15-6-8-17(9-7-15)26-13-18(25)24-11-10-14-4-2-3-5-16(14)12-24/h2-9H,10-13H2,1H3. The Labute approximate surface area is 151 Å². The minimum absolute atomic E-state index is 0.000766. The van der Waals surface area contributed by atoms with Crippen LogP contribution < -0.4 is 4.74 Å². The van der Waals surface area contributed by atoms with Crippen molar-refractivity contribution in [3.63, 3.8) is 0 Å². The number of amides is 1. The van der Waals surface area contributed by atoms with Crippen molar-refractivity contribution in [2.45, 2.75) is 13.0 Å². The summed E-state index contributed by atoms with van der Waals surface area (Å²) >= 11 is 0. The predicted octanol–water partition coefficient (Wildman–Crippen LogP) is 1.84. The number of hydrogen-bond acceptors (Lipinski definition) is 5. The molecule has 1 aromatic heterocycles. The molecule has 26 heavy (non-hydrogen) atoms. The maximum Gasteiger partial charge on any atom is 0.260 e. The van der Waals surface area contributed by atoms with Crippen LogP contribution in [0.5, 0.6) is 5.75 Å². The van der Waals surface area contributed by atoms with Gasteiger partial charge in [0.05, 0.1) is 7.05 Å². The zero-order chi connectivity index (χ0) is 17.9. The molecular weight excluding hydrogens is 330 g/mol. The lowest BCUT2D eigenvalue weighted by atomic mass is 10.00. The Kier molecular flexibility index (Phi) is 4.35. The Balaban J connectivity index is 1.35. The Morgan fingerprint density at radius 2 is 1.88 bits per heavy atom. The molecule has 0 bridgehead atoms. The summed E-state index contributed by atoms with van der Waals surface area (Å²) < 4.78 is 5.65. The molecule has 7 nitrogen and oxygen atoms in total. The lowest BCUT2D eigenvalue weighted by Crippen LogP contribution is -2.38. The number of fused-ring (bicyclic) bond motifs is 1. The van der Waals surface area contributed by atoms with Gasteiger partial charge in [0.1, 0.15) is 5.75 Å². The van der Waals surface area contributed by atoms with Gasteiger partial charge in [0.2, 0.25) is 5.82 Å². The van der Waals surface area contributed by atoms with E-state index in [2.05, 4.69) is 27.5 Å². The second kappa shape index (κ2) is 6.95. The summed E-state index contributed by atoms with van der Waals surface area (Å²) in [7, 11) is 1.72. The van der Waals surface area contributed by atoms with E-state index < -0.39 is 0 Å². The van der Waals surface area contributed by atoms with Gasteiger partial charge in [-0.3, -0.25) is 4.79 Å². The Morgan fingerprint density at radius 3 is 2.62 bits per heavy atom. The second-order valence-electron chi connectivity index (χ2n) is 6.25. The molecule has 1 aliphatic heterocycles. The normalized spacial score (nSPS) is 13.3. The fourth-order valence-corrected chi connectivity index (χ4v) is 3.04. The van der Waals surface area contributed by atoms with E-state index in [0.717, 1.165) is 18.5 Å². The quantitative estimate of drug-likeness (QED) is 0.719. The summed E-state index contributed by atoms with van der Waals surface area (Å²) in [5.74, 6) is 1.20. The van der Waals surface area contributed by atoms with E-state index in [-0.39, 0.29) is 12.5 Å². The third kappa shape index (κ3) is 3.42. The summed E-state index contributed by atoms with van der Waals surface area (Å²) in [4.78, 5) is 15.7. The molecule has 7 heteroatoms.